The van der Waals surface area contributed by atoms with Gasteiger partial charge in [-0.25, -0.2) is 8.42 Å². The minimum atomic E-state index is -3.97. The van der Waals surface area contributed by atoms with Crippen molar-refractivity contribution in [1.82, 2.24) is 10.2 Å². The Bertz CT molecular complexity index is 1280. The number of amides is 1. The zero-order chi connectivity index (χ0) is 24.3. The van der Waals surface area contributed by atoms with Gasteiger partial charge in [-0.1, -0.05) is 36.1 Å². The number of aromatic nitrogens is 2. The number of hydrogen-bond donors (Lipinski definition) is 1. The first-order valence-corrected chi connectivity index (χ1v) is 13.8. The van der Waals surface area contributed by atoms with Crippen LogP contribution in [0.4, 0.5) is 10.8 Å². The van der Waals surface area contributed by atoms with Crippen LogP contribution >= 0.6 is 23.1 Å². The number of rotatable bonds is 8. The summed E-state index contributed by atoms with van der Waals surface area (Å²) in [5, 5.41) is 11.1. The van der Waals surface area contributed by atoms with Gasteiger partial charge in [0.05, 0.1) is 24.2 Å². The van der Waals surface area contributed by atoms with Crippen molar-refractivity contribution in [2.45, 2.75) is 35.6 Å². The Balaban J connectivity index is 1.61. The highest BCUT2D eigenvalue weighted by atomic mass is 32.2. The van der Waals surface area contributed by atoms with Crippen LogP contribution in [0.1, 0.15) is 18.9 Å². The van der Waals surface area contributed by atoms with Crippen molar-refractivity contribution >= 4 is 49.8 Å². The topological polar surface area (TPSA) is 111 Å². The Kier molecular flexibility index (Phi) is 7.29. The normalized spacial score (nSPS) is 15.4. The lowest BCUT2D eigenvalue weighted by molar-refractivity contribution is -0.122. The van der Waals surface area contributed by atoms with E-state index < -0.39 is 22.0 Å². The second-order valence-corrected chi connectivity index (χ2v) is 11.7. The average molecular weight is 521 g/mol. The summed E-state index contributed by atoms with van der Waals surface area (Å²) in [6.07, 6.45) is -0.0712. The number of sulfonamides is 1. The SMILES string of the molecule is CCCSc1nnc(NC(=O)[C@H]2CN(S(=O)(=O)c3ccc(OC)cc3)c3cc(C)ccc3O2)s1. The van der Waals surface area contributed by atoms with Crippen LogP contribution in [0.5, 0.6) is 11.5 Å². The largest absolute Gasteiger partial charge is 0.497 e. The van der Waals surface area contributed by atoms with Gasteiger partial charge in [-0.15, -0.1) is 10.2 Å². The molecule has 4 rings (SSSR count). The Morgan fingerprint density at radius 2 is 2.03 bits per heavy atom. The van der Waals surface area contributed by atoms with E-state index >= 15 is 0 Å². The lowest BCUT2D eigenvalue weighted by Crippen LogP contribution is -2.48. The van der Waals surface area contributed by atoms with E-state index in [1.54, 1.807) is 42.1 Å². The maximum Gasteiger partial charge on any atom is 0.269 e. The molecule has 1 amide bonds. The number of nitrogens with zero attached hydrogens (tertiary/aromatic N) is 3. The van der Waals surface area contributed by atoms with Gasteiger partial charge in [0.2, 0.25) is 5.13 Å². The maximum atomic E-state index is 13.6. The predicted molar refractivity (Wildman–Crippen MR) is 133 cm³/mol. The molecule has 2 heterocycles. The van der Waals surface area contributed by atoms with E-state index in [9.17, 15) is 13.2 Å². The van der Waals surface area contributed by atoms with Gasteiger partial charge in [-0.05, 0) is 55.3 Å². The standard InChI is InChI=1S/C22H24N4O5S3/c1-4-11-32-22-25-24-21(33-22)23-20(27)19-13-26(17-12-14(2)5-10-18(17)31-19)34(28,29)16-8-6-15(30-3)7-9-16/h5-10,12,19H,4,11,13H2,1-3H3,(H,23,24,27)/t19-/m1/s1. The fraction of sp³-hybridized carbons (Fsp3) is 0.318. The van der Waals surface area contributed by atoms with E-state index in [0.717, 1.165) is 22.1 Å². The third kappa shape index (κ3) is 5.13. The summed E-state index contributed by atoms with van der Waals surface area (Å²) in [5.74, 6) is 1.26. The second-order valence-electron chi connectivity index (χ2n) is 7.50. The number of ether oxygens (including phenoxy) is 2. The van der Waals surface area contributed by atoms with Crippen LogP contribution in [0.3, 0.4) is 0 Å². The number of aryl methyl sites for hydroxylation is 1. The highest BCUT2D eigenvalue weighted by molar-refractivity contribution is 8.01. The fourth-order valence-corrected chi connectivity index (χ4v) is 6.44. The van der Waals surface area contributed by atoms with E-state index in [1.807, 2.05) is 6.92 Å². The number of thioether (sulfide) groups is 1. The molecule has 0 radical (unpaired) electrons. The molecule has 2 aromatic carbocycles. The third-order valence-electron chi connectivity index (χ3n) is 4.99. The number of hydrogen-bond acceptors (Lipinski definition) is 9. The Labute approximate surface area is 206 Å². The van der Waals surface area contributed by atoms with Gasteiger partial charge in [0.15, 0.2) is 10.4 Å². The molecule has 1 N–H and O–H groups in total. The van der Waals surface area contributed by atoms with E-state index in [2.05, 4.69) is 22.4 Å². The molecule has 0 saturated heterocycles. The van der Waals surface area contributed by atoms with Crippen molar-refractivity contribution in [2.24, 2.45) is 0 Å². The molecule has 0 fully saturated rings. The fourth-order valence-electron chi connectivity index (χ4n) is 3.29. The van der Waals surface area contributed by atoms with Crippen molar-refractivity contribution < 1.29 is 22.7 Å². The van der Waals surface area contributed by atoms with Gasteiger partial charge in [-0.2, -0.15) is 0 Å². The number of anilines is 2. The predicted octanol–water partition coefficient (Wildman–Crippen LogP) is 3.95. The summed E-state index contributed by atoms with van der Waals surface area (Å²) in [5.41, 5.74) is 1.25. The van der Waals surface area contributed by atoms with Crippen LogP contribution in [0, 0.1) is 6.92 Å². The maximum absolute atomic E-state index is 13.6. The summed E-state index contributed by atoms with van der Waals surface area (Å²) in [6, 6.07) is 11.3. The molecule has 1 aliphatic heterocycles. The van der Waals surface area contributed by atoms with E-state index in [0.29, 0.717) is 22.3 Å². The van der Waals surface area contributed by atoms with Crippen molar-refractivity contribution in [3.63, 3.8) is 0 Å². The van der Waals surface area contributed by atoms with Gasteiger partial charge in [0, 0.05) is 5.75 Å². The molecule has 12 heteroatoms. The molecule has 1 atom stereocenters. The Morgan fingerprint density at radius 1 is 1.26 bits per heavy atom. The quantitative estimate of drug-likeness (QED) is 0.351. The summed E-state index contributed by atoms with van der Waals surface area (Å²) >= 11 is 2.83. The summed E-state index contributed by atoms with van der Waals surface area (Å²) in [4.78, 5) is 13.1. The van der Waals surface area contributed by atoms with Gasteiger partial charge < -0.3 is 9.47 Å². The minimum Gasteiger partial charge on any atom is -0.497 e. The second kappa shape index (κ2) is 10.2. The minimum absolute atomic E-state index is 0.0866. The van der Waals surface area contributed by atoms with Crippen LogP contribution in [-0.2, 0) is 14.8 Å². The van der Waals surface area contributed by atoms with Crippen LogP contribution in [0.25, 0.3) is 0 Å². The van der Waals surface area contributed by atoms with Crippen molar-refractivity contribution in [2.75, 3.05) is 29.0 Å². The Hall–Kier alpha value is -2.83. The first kappa shape index (κ1) is 24.3. The highest BCUT2D eigenvalue weighted by Gasteiger charge is 2.38. The molecule has 1 aliphatic rings. The zero-order valence-electron chi connectivity index (χ0n) is 18.8. The number of methoxy groups -OCH3 is 1. The highest BCUT2D eigenvalue weighted by Crippen LogP contribution is 2.38. The lowest BCUT2D eigenvalue weighted by atomic mass is 10.1. The molecule has 0 spiro atoms. The van der Waals surface area contributed by atoms with Crippen LogP contribution in [0.2, 0.25) is 0 Å². The van der Waals surface area contributed by atoms with E-state index in [-0.39, 0.29) is 11.4 Å². The zero-order valence-corrected chi connectivity index (χ0v) is 21.3. The third-order valence-corrected chi connectivity index (χ3v) is 8.96. The molecule has 9 nitrogen and oxygen atoms in total. The Morgan fingerprint density at radius 3 is 2.74 bits per heavy atom. The number of carbonyl (C=O) groups excluding carboxylic acids is 1. The first-order chi connectivity index (χ1) is 16.3. The first-order valence-electron chi connectivity index (χ1n) is 10.5. The lowest BCUT2D eigenvalue weighted by Gasteiger charge is -2.34. The monoisotopic (exact) mass is 520 g/mol. The molecule has 1 aromatic heterocycles. The van der Waals surface area contributed by atoms with E-state index in [4.69, 9.17) is 9.47 Å². The van der Waals surface area contributed by atoms with Gasteiger partial charge >= 0.3 is 0 Å². The smallest absolute Gasteiger partial charge is 0.269 e. The van der Waals surface area contributed by atoms with Gasteiger partial charge in [-0.3, -0.25) is 14.4 Å². The molecule has 34 heavy (non-hydrogen) atoms. The van der Waals surface area contributed by atoms with Gasteiger partial charge in [0.1, 0.15) is 11.5 Å². The molecule has 0 unspecified atom stereocenters. The number of nitrogens with one attached hydrogen (secondary N) is 1. The van der Waals surface area contributed by atoms with Crippen LogP contribution in [0.15, 0.2) is 51.7 Å². The van der Waals surface area contributed by atoms with E-state index in [1.165, 1.54) is 34.9 Å². The van der Waals surface area contributed by atoms with Crippen molar-refractivity contribution in [3.05, 3.63) is 48.0 Å². The summed E-state index contributed by atoms with van der Waals surface area (Å²) in [6.45, 7) is 3.75. The molecule has 0 bridgehead atoms. The summed E-state index contributed by atoms with van der Waals surface area (Å²) in [7, 11) is -2.46. The van der Waals surface area contributed by atoms with Crippen LogP contribution < -0.4 is 19.1 Å². The molecule has 3 aromatic rings. The average Bonchev–Trinajstić information content (AvgIpc) is 3.29. The molecule has 0 aliphatic carbocycles. The van der Waals surface area contributed by atoms with Crippen LogP contribution in [-0.4, -0.2) is 50.0 Å². The molecular formula is C22H24N4O5S3. The van der Waals surface area contributed by atoms with Gasteiger partial charge in [0.25, 0.3) is 15.9 Å². The number of fused-ring (bicyclic) bond motifs is 1. The molecular weight excluding hydrogens is 496 g/mol. The van der Waals surface area contributed by atoms with Crippen molar-refractivity contribution in [1.29, 1.82) is 0 Å². The number of benzene rings is 2. The number of carbonyl (C=O) groups is 1. The molecule has 180 valence electrons. The summed E-state index contributed by atoms with van der Waals surface area (Å²) < 4.78 is 40.1. The molecule has 0 saturated carbocycles. The van der Waals surface area contributed by atoms with Crippen molar-refractivity contribution in [3.8, 4) is 11.5 Å².